The zero-order chi connectivity index (χ0) is 42.9. The highest BCUT2D eigenvalue weighted by Gasteiger charge is 2.24. The van der Waals surface area contributed by atoms with Gasteiger partial charge in [-0.3, -0.25) is 0 Å². The number of nitrogens with zero attached hydrogens (tertiary/aromatic N) is 3. The highest BCUT2D eigenvalue weighted by molar-refractivity contribution is 7.25. The molecule has 14 aromatic rings. The average Bonchev–Trinajstić information content (AvgIpc) is 4.17. The summed E-state index contributed by atoms with van der Waals surface area (Å²) in [6, 6.07) is 68.3. The molecular weight excluding hydrogens is 811 g/mol. The summed E-state index contributed by atoms with van der Waals surface area (Å²) in [4.78, 5) is 0. The number of fused-ring (bicyclic) bond motifs is 15. The fourth-order valence-electron chi connectivity index (χ4n) is 10.8. The molecule has 0 bridgehead atoms. The van der Waals surface area contributed by atoms with Gasteiger partial charge in [0, 0.05) is 69.7 Å². The summed E-state index contributed by atoms with van der Waals surface area (Å²) in [5.41, 5.74) is 15.1. The lowest BCUT2D eigenvalue weighted by Crippen LogP contribution is -1.96. The van der Waals surface area contributed by atoms with Crippen molar-refractivity contribution in [1.82, 2.24) is 13.7 Å². The van der Waals surface area contributed by atoms with Crippen LogP contribution < -0.4 is 0 Å². The van der Waals surface area contributed by atoms with Crippen molar-refractivity contribution in [3.05, 3.63) is 212 Å². The van der Waals surface area contributed by atoms with Gasteiger partial charge in [-0.2, -0.15) is 0 Å². The first-order valence-corrected chi connectivity index (χ1v) is 22.8. The Bertz CT molecular complexity index is 4290. The van der Waals surface area contributed by atoms with Crippen LogP contribution in [0.2, 0.25) is 0 Å². The molecule has 0 aliphatic carbocycles. The number of benzene rings is 9. The maximum absolute atomic E-state index is 7.15. The van der Waals surface area contributed by atoms with Gasteiger partial charge in [0.1, 0.15) is 11.2 Å². The molecule has 0 fully saturated rings. The van der Waals surface area contributed by atoms with Crippen molar-refractivity contribution < 1.29 is 4.42 Å². The Labute approximate surface area is 377 Å². The zero-order valence-electron chi connectivity index (χ0n) is 35.1. The molecule has 65 heavy (non-hydrogen) atoms. The van der Waals surface area contributed by atoms with Gasteiger partial charge in [0.2, 0.25) is 0 Å². The molecule has 14 rings (SSSR count). The standard InChI is InChI=1S/C60H37N3OS/c1-3-41-49(4-2)61(38-16-6-5-7-17-38)53-29-27-44-45-28-30-54-58(60(45)64-59(44)57(41)53)46-21-10-13-24-52(46)63(54)39-18-14-15-36(33-39)37-25-31-55-47(34-37)48-35-40(26-32-56(48)65-55)62-50-22-11-8-19-42(50)43-20-9-12-23-51(43)62/h3-35H,1-2H2. The second kappa shape index (κ2) is 13.6. The Hall–Kier alpha value is -8.38. The van der Waals surface area contributed by atoms with E-state index in [-0.39, 0.29) is 0 Å². The van der Waals surface area contributed by atoms with Crippen molar-refractivity contribution in [2.24, 2.45) is 0 Å². The summed E-state index contributed by atoms with van der Waals surface area (Å²) in [6.45, 7) is 8.49. The molecule has 0 saturated heterocycles. The minimum atomic E-state index is 0.857. The van der Waals surface area contributed by atoms with Crippen LogP contribution in [0.5, 0.6) is 0 Å². The first-order valence-electron chi connectivity index (χ1n) is 22.0. The predicted molar refractivity (Wildman–Crippen MR) is 278 cm³/mol. The van der Waals surface area contributed by atoms with Crippen molar-refractivity contribution in [1.29, 1.82) is 0 Å². The van der Waals surface area contributed by atoms with Gasteiger partial charge in [-0.05, 0) is 114 Å². The molecule has 5 heteroatoms. The van der Waals surface area contributed by atoms with Gasteiger partial charge in [0.15, 0.2) is 0 Å². The van der Waals surface area contributed by atoms with E-state index < -0.39 is 0 Å². The van der Waals surface area contributed by atoms with E-state index in [9.17, 15) is 0 Å². The Morgan fingerprint density at radius 3 is 1.63 bits per heavy atom. The van der Waals surface area contributed by atoms with E-state index in [4.69, 9.17) is 4.42 Å². The van der Waals surface area contributed by atoms with Crippen LogP contribution in [0.3, 0.4) is 0 Å². The highest BCUT2D eigenvalue weighted by atomic mass is 32.1. The van der Waals surface area contributed by atoms with E-state index in [1.165, 1.54) is 58.8 Å². The Balaban J connectivity index is 0.935. The van der Waals surface area contributed by atoms with Gasteiger partial charge >= 0.3 is 0 Å². The largest absolute Gasteiger partial charge is 0.455 e. The molecule has 0 atom stereocenters. The Kier molecular flexibility index (Phi) is 7.54. The van der Waals surface area contributed by atoms with Crippen molar-refractivity contribution in [3.8, 4) is 28.2 Å². The zero-order valence-corrected chi connectivity index (χ0v) is 35.9. The first kappa shape index (κ1) is 36.1. The SMILES string of the molecule is C=Cc1c(C=C)n(-c2ccccc2)c2ccc3c4ccc5c(c6ccccc6n5-c5cccc(-c6ccc7sc8ccc(-n9c%10ccccc%10c%10ccccc%109)cc8c7c6)c5)c4oc3c12. The van der Waals surface area contributed by atoms with Crippen molar-refractivity contribution in [2.45, 2.75) is 0 Å². The number of thiophene rings is 1. The molecule has 0 unspecified atom stereocenters. The van der Waals surface area contributed by atoms with Crippen molar-refractivity contribution in [3.63, 3.8) is 0 Å². The van der Waals surface area contributed by atoms with E-state index in [2.05, 4.69) is 209 Å². The molecule has 9 aromatic carbocycles. The van der Waals surface area contributed by atoms with Crippen molar-refractivity contribution >= 4 is 120 Å². The third-order valence-electron chi connectivity index (χ3n) is 13.6. The van der Waals surface area contributed by atoms with Crippen LogP contribution in [0.15, 0.2) is 206 Å². The number of furan rings is 1. The van der Waals surface area contributed by atoms with Crippen LogP contribution in [0, 0.1) is 0 Å². The van der Waals surface area contributed by atoms with E-state index in [1.54, 1.807) is 0 Å². The minimum Gasteiger partial charge on any atom is -0.455 e. The summed E-state index contributed by atoms with van der Waals surface area (Å²) in [5, 5.41) is 10.5. The fraction of sp³-hybridized carbons (Fsp3) is 0. The minimum absolute atomic E-state index is 0.857. The van der Waals surface area contributed by atoms with Crippen LogP contribution in [-0.2, 0) is 0 Å². The van der Waals surface area contributed by atoms with Crippen LogP contribution in [-0.4, -0.2) is 13.7 Å². The second-order valence-corrected chi connectivity index (χ2v) is 18.0. The third-order valence-corrected chi connectivity index (χ3v) is 14.7. The Morgan fingerprint density at radius 1 is 0.369 bits per heavy atom. The van der Waals surface area contributed by atoms with E-state index >= 15 is 0 Å². The summed E-state index contributed by atoms with van der Waals surface area (Å²) in [7, 11) is 0. The molecular formula is C60H37N3OS. The quantitative estimate of drug-likeness (QED) is 0.164. The van der Waals surface area contributed by atoms with E-state index in [1.807, 2.05) is 29.6 Å². The van der Waals surface area contributed by atoms with Gasteiger partial charge in [-0.15, -0.1) is 11.3 Å². The molecule has 5 aromatic heterocycles. The van der Waals surface area contributed by atoms with Gasteiger partial charge in [-0.25, -0.2) is 0 Å². The molecule has 0 N–H and O–H groups in total. The van der Waals surface area contributed by atoms with Gasteiger partial charge in [-0.1, -0.05) is 110 Å². The van der Waals surface area contributed by atoms with E-state index in [0.29, 0.717) is 0 Å². The predicted octanol–water partition coefficient (Wildman–Crippen LogP) is 17.0. The third kappa shape index (κ3) is 5.01. The maximum Gasteiger partial charge on any atom is 0.145 e. The average molecular weight is 848 g/mol. The molecule has 304 valence electrons. The lowest BCUT2D eigenvalue weighted by molar-refractivity contribution is 0.676. The molecule has 0 spiro atoms. The van der Waals surface area contributed by atoms with Crippen LogP contribution in [0.4, 0.5) is 0 Å². The number of rotatable bonds is 6. The van der Waals surface area contributed by atoms with Gasteiger partial charge in [0.25, 0.3) is 0 Å². The van der Waals surface area contributed by atoms with E-state index in [0.717, 1.165) is 77.3 Å². The Morgan fingerprint density at radius 2 is 0.923 bits per heavy atom. The summed E-state index contributed by atoms with van der Waals surface area (Å²) in [5.74, 6) is 0. The molecule has 0 aliphatic heterocycles. The number of para-hydroxylation sites is 4. The first-order chi connectivity index (χ1) is 32.2. The second-order valence-electron chi connectivity index (χ2n) is 16.9. The number of aromatic nitrogens is 3. The molecule has 0 aliphatic rings. The summed E-state index contributed by atoms with van der Waals surface area (Å²) in [6.07, 6.45) is 3.85. The number of hydrogen-bond donors (Lipinski definition) is 0. The highest BCUT2D eigenvalue weighted by Crippen LogP contribution is 2.45. The topological polar surface area (TPSA) is 27.9 Å². The summed E-state index contributed by atoms with van der Waals surface area (Å²) < 4.78 is 16.8. The van der Waals surface area contributed by atoms with Crippen LogP contribution in [0.25, 0.3) is 137 Å². The lowest BCUT2D eigenvalue weighted by Gasteiger charge is -2.11. The molecule has 0 amide bonds. The lowest BCUT2D eigenvalue weighted by atomic mass is 10.0. The molecule has 4 nitrogen and oxygen atoms in total. The normalized spacial score (nSPS) is 12.1. The van der Waals surface area contributed by atoms with Crippen LogP contribution >= 0.6 is 11.3 Å². The molecule has 0 radical (unpaired) electrons. The molecule has 5 heterocycles. The number of hydrogen-bond acceptors (Lipinski definition) is 2. The fourth-order valence-corrected chi connectivity index (χ4v) is 11.9. The van der Waals surface area contributed by atoms with Crippen LogP contribution in [0.1, 0.15) is 11.3 Å². The maximum atomic E-state index is 7.15. The smallest absolute Gasteiger partial charge is 0.145 e. The van der Waals surface area contributed by atoms with Gasteiger partial charge < -0.3 is 18.1 Å². The van der Waals surface area contributed by atoms with Gasteiger partial charge in [0.05, 0.1) is 44.0 Å². The summed E-state index contributed by atoms with van der Waals surface area (Å²) >= 11 is 1.86. The molecule has 0 saturated carbocycles. The monoisotopic (exact) mass is 847 g/mol. The van der Waals surface area contributed by atoms with Crippen molar-refractivity contribution in [2.75, 3.05) is 0 Å².